The second kappa shape index (κ2) is 5.90. The molecular weight excluding hydrogens is 315 g/mol. The number of halogens is 1. The monoisotopic (exact) mass is 328 g/mol. The van der Waals surface area contributed by atoms with Gasteiger partial charge in [-0.2, -0.15) is 0 Å². The van der Waals surface area contributed by atoms with Gasteiger partial charge in [0.2, 0.25) is 5.91 Å². The molecule has 1 heterocycles. The summed E-state index contributed by atoms with van der Waals surface area (Å²) in [5.74, 6) is -1.37. The molecule has 0 aliphatic heterocycles. The fraction of sp³-hybridized carbons (Fsp3) is 0.231. The maximum atomic E-state index is 13.3. The number of nitrogens with one attached hydrogen (secondary N) is 1. The Labute approximate surface area is 125 Å². The number of nitrogens with zero attached hydrogens (tertiary/aromatic N) is 1. The van der Waals surface area contributed by atoms with Crippen LogP contribution in [0.5, 0.6) is 0 Å². The molecular formula is C13H13FN2O3S2. The molecule has 0 spiro atoms. The third kappa shape index (κ3) is 4.08. The van der Waals surface area contributed by atoms with E-state index in [-0.39, 0.29) is 11.3 Å². The van der Waals surface area contributed by atoms with E-state index in [1.165, 1.54) is 23.5 Å². The lowest BCUT2D eigenvalue weighted by Gasteiger charge is -2.07. The third-order valence-corrected chi connectivity index (χ3v) is 4.76. The summed E-state index contributed by atoms with van der Waals surface area (Å²) in [6.07, 6.45) is -0.141. The van der Waals surface area contributed by atoms with Gasteiger partial charge >= 0.3 is 0 Å². The van der Waals surface area contributed by atoms with Crippen LogP contribution >= 0.6 is 11.3 Å². The van der Waals surface area contributed by atoms with E-state index in [2.05, 4.69) is 4.98 Å². The Kier molecular flexibility index (Phi) is 4.38. The first-order valence-corrected chi connectivity index (χ1v) is 8.36. The highest BCUT2D eigenvalue weighted by atomic mass is 32.2. The minimum absolute atomic E-state index is 0.141. The molecule has 21 heavy (non-hydrogen) atoms. The molecule has 2 rings (SSSR count). The summed E-state index contributed by atoms with van der Waals surface area (Å²) in [6, 6.07) is 3.38. The van der Waals surface area contributed by atoms with Crippen LogP contribution in [0.1, 0.15) is 16.3 Å². The molecule has 5 nitrogen and oxygen atoms in total. The number of rotatable bonds is 4. The lowest BCUT2D eigenvalue weighted by Crippen LogP contribution is -2.32. The van der Waals surface area contributed by atoms with Gasteiger partial charge < -0.3 is 0 Å². The van der Waals surface area contributed by atoms with Crippen molar-refractivity contribution in [2.24, 2.45) is 0 Å². The quantitative estimate of drug-likeness (QED) is 0.931. The van der Waals surface area contributed by atoms with Gasteiger partial charge in [-0.25, -0.2) is 22.5 Å². The first-order valence-electron chi connectivity index (χ1n) is 6.00. The lowest BCUT2D eigenvalue weighted by molar-refractivity contribution is -0.118. The summed E-state index contributed by atoms with van der Waals surface area (Å²) < 4.78 is 39.2. The number of aryl methyl sites for hydroxylation is 2. The smallest absolute Gasteiger partial charge is 0.264 e. The molecule has 112 valence electrons. The Hall–Kier alpha value is -1.80. The van der Waals surface area contributed by atoms with Crippen molar-refractivity contribution in [3.63, 3.8) is 0 Å². The van der Waals surface area contributed by atoms with Gasteiger partial charge in [-0.3, -0.25) is 4.79 Å². The lowest BCUT2D eigenvalue weighted by atomic mass is 10.2. The predicted octanol–water partition coefficient (Wildman–Crippen LogP) is 1.95. The first kappa shape index (κ1) is 15.6. The topological polar surface area (TPSA) is 76.1 Å². The van der Waals surface area contributed by atoms with Crippen LogP contribution in [0.4, 0.5) is 4.39 Å². The molecule has 1 amide bonds. The number of amides is 1. The molecule has 0 bridgehead atoms. The van der Waals surface area contributed by atoms with Crippen LogP contribution in [0.3, 0.4) is 0 Å². The van der Waals surface area contributed by atoms with Crippen molar-refractivity contribution < 1.29 is 17.6 Å². The van der Waals surface area contributed by atoms with Crippen molar-refractivity contribution in [2.75, 3.05) is 0 Å². The number of sulfonamides is 1. The summed E-state index contributed by atoms with van der Waals surface area (Å²) in [4.78, 5) is 15.6. The van der Waals surface area contributed by atoms with Crippen molar-refractivity contribution in [3.8, 4) is 0 Å². The van der Waals surface area contributed by atoms with Gasteiger partial charge in [0.15, 0.2) is 0 Å². The molecule has 8 heteroatoms. The summed E-state index contributed by atoms with van der Waals surface area (Å²) in [7, 11) is -4.08. The third-order valence-electron chi connectivity index (χ3n) is 2.58. The number of carbonyl (C=O) groups is 1. The van der Waals surface area contributed by atoms with Crippen molar-refractivity contribution in [3.05, 3.63) is 45.7 Å². The van der Waals surface area contributed by atoms with E-state index in [9.17, 15) is 17.6 Å². The zero-order valence-corrected chi connectivity index (χ0v) is 13.0. The Bertz CT molecular complexity index is 764. The number of hydrogen-bond donors (Lipinski definition) is 1. The van der Waals surface area contributed by atoms with Crippen LogP contribution in [0.2, 0.25) is 0 Å². The molecule has 1 N–H and O–H groups in total. The van der Waals surface area contributed by atoms with Crippen LogP contribution in [-0.4, -0.2) is 19.3 Å². The van der Waals surface area contributed by atoms with Crippen LogP contribution in [0.25, 0.3) is 0 Å². The number of carbonyl (C=O) groups excluding carboxylic acids is 1. The summed E-state index contributed by atoms with van der Waals surface area (Å²) in [6.45, 7) is 3.36. The van der Waals surface area contributed by atoms with E-state index >= 15 is 0 Å². The van der Waals surface area contributed by atoms with Gasteiger partial charge in [-0.1, -0.05) is 0 Å². The average Bonchev–Trinajstić information content (AvgIpc) is 2.72. The SMILES string of the molecule is Cc1cc(F)cc(S(=O)(=O)NC(=O)Cc2csc(C)n2)c1. The molecule has 2 aromatic rings. The first-order chi connectivity index (χ1) is 9.76. The zero-order valence-electron chi connectivity index (χ0n) is 11.4. The molecule has 1 aromatic heterocycles. The van der Waals surface area contributed by atoms with E-state index in [1.54, 1.807) is 19.2 Å². The standard InChI is InChI=1S/C13H13FN2O3S2/c1-8-3-10(14)5-12(4-8)21(18,19)16-13(17)6-11-7-20-9(2)15-11/h3-5,7H,6H2,1-2H3,(H,16,17). The highest BCUT2D eigenvalue weighted by Gasteiger charge is 2.19. The summed E-state index contributed by atoms with van der Waals surface area (Å²) in [5.41, 5.74) is 0.957. The van der Waals surface area contributed by atoms with Crippen LogP contribution in [0, 0.1) is 19.7 Å². The number of hydrogen-bond acceptors (Lipinski definition) is 5. The molecule has 0 saturated heterocycles. The maximum Gasteiger partial charge on any atom is 0.264 e. The second-order valence-corrected chi connectivity index (χ2v) is 7.27. The van der Waals surface area contributed by atoms with Crippen LogP contribution in [-0.2, 0) is 21.2 Å². The van der Waals surface area contributed by atoms with E-state index in [0.29, 0.717) is 11.3 Å². The molecule has 0 aliphatic rings. The van der Waals surface area contributed by atoms with Crippen molar-refractivity contribution in [2.45, 2.75) is 25.2 Å². The van der Waals surface area contributed by atoms with Gasteiger partial charge in [0.05, 0.1) is 22.0 Å². The van der Waals surface area contributed by atoms with Crippen LogP contribution in [0.15, 0.2) is 28.5 Å². The Morgan fingerprint density at radius 3 is 2.62 bits per heavy atom. The fourth-order valence-electron chi connectivity index (χ4n) is 1.76. The molecule has 0 fully saturated rings. The minimum Gasteiger partial charge on any atom is -0.274 e. The van der Waals surface area contributed by atoms with Crippen molar-refractivity contribution in [1.29, 1.82) is 0 Å². The molecule has 0 radical (unpaired) electrons. The number of aromatic nitrogens is 1. The Balaban J connectivity index is 2.15. The summed E-state index contributed by atoms with van der Waals surface area (Å²) in [5, 5.41) is 2.48. The highest BCUT2D eigenvalue weighted by molar-refractivity contribution is 7.90. The number of benzene rings is 1. The molecule has 1 aromatic carbocycles. The van der Waals surface area contributed by atoms with Gasteiger partial charge in [-0.15, -0.1) is 11.3 Å². The van der Waals surface area contributed by atoms with Crippen molar-refractivity contribution >= 4 is 27.3 Å². The molecule has 0 saturated carbocycles. The van der Waals surface area contributed by atoms with Gasteiger partial charge in [0.1, 0.15) is 5.82 Å². The van der Waals surface area contributed by atoms with Gasteiger partial charge in [0, 0.05) is 5.38 Å². The van der Waals surface area contributed by atoms with Gasteiger partial charge in [0.25, 0.3) is 10.0 Å². The average molecular weight is 328 g/mol. The van der Waals surface area contributed by atoms with E-state index in [0.717, 1.165) is 11.1 Å². The summed E-state index contributed by atoms with van der Waals surface area (Å²) >= 11 is 1.37. The minimum atomic E-state index is -4.08. The van der Waals surface area contributed by atoms with E-state index < -0.39 is 21.7 Å². The van der Waals surface area contributed by atoms with E-state index in [4.69, 9.17) is 0 Å². The molecule has 0 atom stereocenters. The predicted molar refractivity (Wildman–Crippen MR) is 77.0 cm³/mol. The zero-order chi connectivity index (χ0) is 15.6. The fourth-order valence-corrected chi connectivity index (χ4v) is 3.47. The maximum absolute atomic E-state index is 13.3. The van der Waals surface area contributed by atoms with Crippen LogP contribution < -0.4 is 4.72 Å². The largest absolute Gasteiger partial charge is 0.274 e. The normalized spacial score (nSPS) is 11.4. The highest BCUT2D eigenvalue weighted by Crippen LogP contribution is 2.14. The Morgan fingerprint density at radius 2 is 2.05 bits per heavy atom. The molecule has 0 aliphatic carbocycles. The Morgan fingerprint density at radius 1 is 1.33 bits per heavy atom. The van der Waals surface area contributed by atoms with Crippen molar-refractivity contribution in [1.82, 2.24) is 9.71 Å². The second-order valence-electron chi connectivity index (χ2n) is 4.53. The number of thiazole rings is 1. The molecule has 0 unspecified atom stereocenters. The van der Waals surface area contributed by atoms with Gasteiger partial charge in [-0.05, 0) is 37.6 Å². The van der Waals surface area contributed by atoms with E-state index in [1.807, 2.05) is 4.72 Å².